The van der Waals surface area contributed by atoms with E-state index >= 15 is 0 Å². The van der Waals surface area contributed by atoms with Gasteiger partial charge in [0.2, 0.25) is 0 Å². The van der Waals surface area contributed by atoms with E-state index in [9.17, 15) is 5.11 Å². The summed E-state index contributed by atoms with van der Waals surface area (Å²) in [6, 6.07) is 8.78. The maximum Gasteiger partial charge on any atom is 0.115 e. The molecular weight excluding hydrogens is 234 g/mol. The molecule has 2 atom stereocenters. The summed E-state index contributed by atoms with van der Waals surface area (Å²) < 4.78 is 0. The maximum atomic E-state index is 9.27. The summed E-state index contributed by atoms with van der Waals surface area (Å²) in [5.74, 6) is 1.10. The number of aromatic hydroxyl groups is 1. The lowest BCUT2D eigenvalue weighted by molar-refractivity contribution is 0.168. The highest BCUT2D eigenvalue weighted by molar-refractivity contribution is 5.25. The summed E-state index contributed by atoms with van der Waals surface area (Å²) in [5.41, 5.74) is 1.30. The Hall–Kier alpha value is -1.02. The first-order valence-corrected chi connectivity index (χ1v) is 7.40. The molecule has 0 bridgehead atoms. The Kier molecular flexibility index (Phi) is 6.36. The predicted octanol–water partition coefficient (Wildman–Crippen LogP) is 4.08. The molecule has 1 aromatic carbocycles. The summed E-state index contributed by atoms with van der Waals surface area (Å²) >= 11 is 0. The van der Waals surface area contributed by atoms with Gasteiger partial charge in [-0.05, 0) is 63.8 Å². The number of phenols is 1. The van der Waals surface area contributed by atoms with Crippen molar-refractivity contribution >= 4 is 0 Å². The van der Waals surface area contributed by atoms with E-state index < -0.39 is 0 Å². The molecule has 0 fully saturated rings. The van der Waals surface area contributed by atoms with Crippen molar-refractivity contribution in [3.8, 4) is 5.75 Å². The Morgan fingerprint density at radius 3 is 2.11 bits per heavy atom. The van der Waals surface area contributed by atoms with E-state index in [0.29, 0.717) is 17.8 Å². The lowest BCUT2D eigenvalue weighted by atomic mass is 10.0. The van der Waals surface area contributed by atoms with Crippen molar-refractivity contribution in [2.24, 2.45) is 5.92 Å². The lowest BCUT2D eigenvalue weighted by Crippen LogP contribution is -2.37. The summed E-state index contributed by atoms with van der Waals surface area (Å²) in [6.45, 7) is 9.19. The van der Waals surface area contributed by atoms with Crippen LogP contribution in [0.1, 0.15) is 46.1 Å². The molecule has 1 N–H and O–H groups in total. The summed E-state index contributed by atoms with van der Waals surface area (Å²) in [7, 11) is 2.23. The molecule has 1 aromatic rings. The van der Waals surface area contributed by atoms with Gasteiger partial charge >= 0.3 is 0 Å². The van der Waals surface area contributed by atoms with Crippen LogP contribution in [0.4, 0.5) is 0 Å². The van der Waals surface area contributed by atoms with Crippen molar-refractivity contribution < 1.29 is 5.11 Å². The van der Waals surface area contributed by atoms with Crippen LogP contribution in [-0.2, 0) is 6.42 Å². The second-order valence-corrected chi connectivity index (χ2v) is 6.20. The fourth-order valence-electron chi connectivity index (χ4n) is 2.52. The second kappa shape index (κ2) is 7.54. The number of aryl methyl sites for hydroxylation is 1. The monoisotopic (exact) mass is 263 g/mol. The number of hydrogen-bond acceptors (Lipinski definition) is 2. The third-order valence-electron chi connectivity index (χ3n) is 3.99. The van der Waals surface area contributed by atoms with Crippen LogP contribution in [0.3, 0.4) is 0 Å². The van der Waals surface area contributed by atoms with Crippen LogP contribution in [0, 0.1) is 5.92 Å². The third kappa shape index (κ3) is 5.65. The topological polar surface area (TPSA) is 23.5 Å². The van der Waals surface area contributed by atoms with Gasteiger partial charge in [-0.3, -0.25) is 0 Å². The Morgan fingerprint density at radius 2 is 1.58 bits per heavy atom. The van der Waals surface area contributed by atoms with Gasteiger partial charge in [-0.25, -0.2) is 0 Å². The number of rotatable bonds is 7. The van der Waals surface area contributed by atoms with E-state index in [-0.39, 0.29) is 0 Å². The van der Waals surface area contributed by atoms with Gasteiger partial charge in [0, 0.05) is 12.1 Å². The van der Waals surface area contributed by atoms with Crippen molar-refractivity contribution in [2.75, 3.05) is 7.05 Å². The van der Waals surface area contributed by atoms with Gasteiger partial charge in [0.05, 0.1) is 0 Å². The molecule has 0 spiro atoms. The van der Waals surface area contributed by atoms with Crippen molar-refractivity contribution in [1.29, 1.82) is 0 Å². The van der Waals surface area contributed by atoms with Gasteiger partial charge in [0.15, 0.2) is 0 Å². The van der Waals surface area contributed by atoms with E-state index in [4.69, 9.17) is 0 Å². The van der Waals surface area contributed by atoms with Crippen LogP contribution in [0.25, 0.3) is 0 Å². The molecule has 108 valence electrons. The molecule has 1 rings (SSSR count). The normalized spacial score (nSPS) is 14.9. The highest BCUT2D eigenvalue weighted by Gasteiger charge is 2.16. The van der Waals surface area contributed by atoms with Crippen LogP contribution >= 0.6 is 0 Å². The van der Waals surface area contributed by atoms with E-state index in [2.05, 4.69) is 39.6 Å². The zero-order chi connectivity index (χ0) is 14.4. The van der Waals surface area contributed by atoms with Crippen LogP contribution in [-0.4, -0.2) is 29.1 Å². The predicted molar refractivity (Wildman–Crippen MR) is 82.6 cm³/mol. The molecule has 0 amide bonds. The van der Waals surface area contributed by atoms with E-state index in [1.807, 2.05) is 12.1 Å². The molecule has 0 aliphatic carbocycles. The van der Waals surface area contributed by atoms with Crippen LogP contribution in [0.5, 0.6) is 5.75 Å². The van der Waals surface area contributed by atoms with Crippen molar-refractivity contribution in [1.82, 2.24) is 4.90 Å². The van der Waals surface area contributed by atoms with Crippen LogP contribution in [0.15, 0.2) is 24.3 Å². The summed E-state index contributed by atoms with van der Waals surface area (Å²) in [4.78, 5) is 2.49. The average molecular weight is 263 g/mol. The zero-order valence-electron chi connectivity index (χ0n) is 13.1. The molecule has 0 saturated heterocycles. The number of nitrogens with zero attached hydrogens (tertiary/aromatic N) is 1. The molecule has 0 aliphatic rings. The Labute approximate surface area is 118 Å². The first-order valence-electron chi connectivity index (χ1n) is 7.40. The molecule has 0 aliphatic heterocycles. The molecule has 0 heterocycles. The first-order chi connectivity index (χ1) is 8.90. The minimum Gasteiger partial charge on any atom is -0.508 e. The summed E-state index contributed by atoms with van der Waals surface area (Å²) in [5, 5.41) is 9.27. The lowest BCUT2D eigenvalue weighted by Gasteiger charge is -2.32. The van der Waals surface area contributed by atoms with Gasteiger partial charge in [-0.2, -0.15) is 0 Å². The maximum absolute atomic E-state index is 9.27. The number of phenolic OH excluding ortho intramolecular Hbond substituents is 1. The van der Waals surface area contributed by atoms with E-state index in [1.54, 1.807) is 12.1 Å². The average Bonchev–Trinajstić information content (AvgIpc) is 2.36. The highest BCUT2D eigenvalue weighted by atomic mass is 16.3. The van der Waals surface area contributed by atoms with Crippen molar-refractivity contribution in [3.05, 3.63) is 29.8 Å². The molecule has 0 saturated carbocycles. The van der Waals surface area contributed by atoms with Gasteiger partial charge in [0.1, 0.15) is 5.75 Å². The SMILES string of the molecule is CC(C)CC(C)N(C)C(C)CCc1ccc(O)cc1. The minimum atomic E-state index is 0.347. The zero-order valence-corrected chi connectivity index (χ0v) is 13.1. The standard InChI is InChI=1S/C17H29NO/c1-13(2)12-15(4)18(5)14(3)6-7-16-8-10-17(19)11-9-16/h8-11,13-15,19H,6-7,12H2,1-5H3. The number of hydrogen-bond donors (Lipinski definition) is 1. The molecular formula is C17H29NO. The fraction of sp³-hybridized carbons (Fsp3) is 0.647. The van der Waals surface area contributed by atoms with E-state index in [1.165, 1.54) is 12.0 Å². The first kappa shape index (κ1) is 16.0. The van der Waals surface area contributed by atoms with Gasteiger partial charge in [-0.15, -0.1) is 0 Å². The fourth-order valence-corrected chi connectivity index (χ4v) is 2.52. The van der Waals surface area contributed by atoms with Gasteiger partial charge < -0.3 is 10.0 Å². The molecule has 19 heavy (non-hydrogen) atoms. The molecule has 2 unspecified atom stereocenters. The smallest absolute Gasteiger partial charge is 0.115 e. The van der Waals surface area contributed by atoms with Gasteiger partial charge in [0.25, 0.3) is 0 Å². The quantitative estimate of drug-likeness (QED) is 0.801. The third-order valence-corrected chi connectivity index (χ3v) is 3.99. The van der Waals surface area contributed by atoms with Gasteiger partial charge in [-0.1, -0.05) is 26.0 Å². The molecule has 0 radical (unpaired) electrons. The van der Waals surface area contributed by atoms with Crippen LogP contribution < -0.4 is 0 Å². The van der Waals surface area contributed by atoms with Crippen molar-refractivity contribution in [3.63, 3.8) is 0 Å². The van der Waals surface area contributed by atoms with E-state index in [0.717, 1.165) is 18.8 Å². The molecule has 2 heteroatoms. The Balaban J connectivity index is 2.41. The highest BCUT2D eigenvalue weighted by Crippen LogP contribution is 2.17. The largest absolute Gasteiger partial charge is 0.508 e. The Morgan fingerprint density at radius 1 is 1.00 bits per heavy atom. The number of benzene rings is 1. The second-order valence-electron chi connectivity index (χ2n) is 6.20. The Bertz CT molecular complexity index is 358. The summed E-state index contributed by atoms with van der Waals surface area (Å²) in [6.07, 6.45) is 3.48. The van der Waals surface area contributed by atoms with Crippen LogP contribution in [0.2, 0.25) is 0 Å². The van der Waals surface area contributed by atoms with Crippen molar-refractivity contribution in [2.45, 2.75) is 59.0 Å². The molecule has 2 nitrogen and oxygen atoms in total. The minimum absolute atomic E-state index is 0.347. The molecule has 0 aromatic heterocycles.